The first-order valence-corrected chi connectivity index (χ1v) is 11.2. The molecule has 0 amide bonds. The maximum atomic E-state index is 12.8. The highest BCUT2D eigenvalue weighted by molar-refractivity contribution is 7.92. The van der Waals surface area contributed by atoms with Crippen molar-refractivity contribution in [2.45, 2.75) is 37.1 Å². The summed E-state index contributed by atoms with van der Waals surface area (Å²) in [5.74, 6) is 0. The summed E-state index contributed by atoms with van der Waals surface area (Å²) >= 11 is 0. The van der Waals surface area contributed by atoms with E-state index < -0.39 is 15.7 Å². The lowest BCUT2D eigenvalue weighted by Gasteiger charge is -2.17. The summed E-state index contributed by atoms with van der Waals surface area (Å²) in [5.41, 5.74) is 2.83. The third-order valence-corrected chi connectivity index (χ3v) is 6.52. The third-order valence-electron chi connectivity index (χ3n) is 5.14. The van der Waals surface area contributed by atoms with Crippen molar-refractivity contribution < 1.29 is 13.2 Å². The molecule has 0 saturated heterocycles. The van der Waals surface area contributed by atoms with Crippen LogP contribution < -0.4 is 10.4 Å². The number of methoxy groups -OCH3 is 1. The van der Waals surface area contributed by atoms with Crippen molar-refractivity contribution in [3.05, 3.63) is 64.1 Å². The number of fused-ring (bicyclic) bond motifs is 1. The van der Waals surface area contributed by atoms with E-state index in [-0.39, 0.29) is 4.90 Å². The molecule has 1 heterocycles. The van der Waals surface area contributed by atoms with E-state index in [1.165, 1.54) is 10.2 Å². The Hall–Kier alpha value is -2.98. The van der Waals surface area contributed by atoms with Crippen LogP contribution in [0.25, 0.3) is 5.69 Å². The Morgan fingerprint density at radius 1 is 1.03 bits per heavy atom. The highest BCUT2D eigenvalue weighted by Crippen LogP contribution is 2.25. The van der Waals surface area contributed by atoms with Crippen LogP contribution in [0.15, 0.2) is 52.2 Å². The maximum absolute atomic E-state index is 12.8. The van der Waals surface area contributed by atoms with E-state index in [2.05, 4.69) is 15.1 Å². The van der Waals surface area contributed by atoms with E-state index in [1.807, 2.05) is 6.07 Å². The predicted molar refractivity (Wildman–Crippen MR) is 111 cm³/mol. The summed E-state index contributed by atoms with van der Waals surface area (Å²) < 4.78 is 35.5. The fourth-order valence-electron chi connectivity index (χ4n) is 3.52. The summed E-state index contributed by atoms with van der Waals surface area (Å²) in [6, 6.07) is 11.7. The van der Waals surface area contributed by atoms with Gasteiger partial charge in [-0.1, -0.05) is 6.07 Å². The number of tetrazole rings is 1. The molecule has 0 atom stereocenters. The van der Waals surface area contributed by atoms with Gasteiger partial charge in [0, 0.05) is 12.8 Å². The number of benzene rings is 2. The first kappa shape index (κ1) is 20.3. The zero-order chi connectivity index (χ0) is 21.1. The Balaban J connectivity index is 1.52. The van der Waals surface area contributed by atoms with Crippen molar-refractivity contribution in [2.75, 3.05) is 18.4 Å². The van der Waals surface area contributed by atoms with Gasteiger partial charge in [-0.2, -0.15) is 9.36 Å². The number of rotatable bonds is 7. The highest BCUT2D eigenvalue weighted by Gasteiger charge is 2.18. The SMILES string of the molecule is COCCn1nnn(-c2ccc(NS(=O)(=O)c3ccc4c(c3)CCCC4)cc2)c1=O. The summed E-state index contributed by atoms with van der Waals surface area (Å²) in [6.07, 6.45) is 4.14. The number of sulfonamides is 1. The van der Waals surface area contributed by atoms with E-state index in [0.717, 1.165) is 35.9 Å². The number of nitrogens with one attached hydrogen (secondary N) is 1. The van der Waals surface area contributed by atoms with Crippen LogP contribution >= 0.6 is 0 Å². The average Bonchev–Trinajstić information content (AvgIpc) is 3.12. The fourth-order valence-corrected chi connectivity index (χ4v) is 4.62. The Kier molecular flexibility index (Phi) is 5.69. The average molecular weight is 430 g/mol. The Labute approximate surface area is 174 Å². The number of hydrogen-bond donors (Lipinski definition) is 1. The normalized spacial score (nSPS) is 13.8. The van der Waals surface area contributed by atoms with Gasteiger partial charge in [0.15, 0.2) is 0 Å². The molecule has 0 spiro atoms. The summed E-state index contributed by atoms with van der Waals surface area (Å²) in [5, 5.41) is 7.67. The van der Waals surface area contributed by atoms with E-state index in [4.69, 9.17) is 4.74 Å². The van der Waals surface area contributed by atoms with Gasteiger partial charge in [-0.25, -0.2) is 13.2 Å². The van der Waals surface area contributed by atoms with Gasteiger partial charge in [-0.05, 0) is 83.6 Å². The number of nitrogens with zero attached hydrogens (tertiary/aromatic N) is 4. The molecular formula is C20H23N5O4S. The van der Waals surface area contributed by atoms with Gasteiger partial charge >= 0.3 is 5.69 Å². The molecule has 0 saturated carbocycles. The molecule has 0 fully saturated rings. The lowest BCUT2D eigenvalue weighted by molar-refractivity contribution is 0.181. The number of aromatic nitrogens is 4. The van der Waals surface area contributed by atoms with Crippen molar-refractivity contribution in [3.8, 4) is 5.69 Å². The smallest absolute Gasteiger partial charge is 0.368 e. The van der Waals surface area contributed by atoms with Crippen LogP contribution in [0.4, 0.5) is 5.69 Å². The van der Waals surface area contributed by atoms with Gasteiger partial charge in [-0.15, -0.1) is 0 Å². The molecule has 3 aromatic rings. The van der Waals surface area contributed by atoms with Crippen LogP contribution in [-0.4, -0.2) is 41.9 Å². The standard InChI is InChI=1S/C20H23N5O4S/c1-29-13-12-24-20(26)25(23-22-24)18-9-7-17(8-10-18)21-30(27,28)19-11-6-15-4-2-3-5-16(15)14-19/h6-11,14,21H,2-5,12-13H2,1H3. The molecule has 9 nitrogen and oxygen atoms in total. The number of ether oxygens (including phenoxy) is 1. The molecule has 1 N–H and O–H groups in total. The molecule has 0 unspecified atom stereocenters. The van der Waals surface area contributed by atoms with Crippen LogP contribution in [0.5, 0.6) is 0 Å². The Morgan fingerprint density at radius 3 is 2.50 bits per heavy atom. The molecule has 1 aliphatic rings. The second kappa shape index (κ2) is 8.41. The largest absolute Gasteiger partial charge is 0.383 e. The molecule has 0 bridgehead atoms. The molecule has 4 rings (SSSR count). The van der Waals surface area contributed by atoms with Crippen molar-refractivity contribution in [1.29, 1.82) is 0 Å². The van der Waals surface area contributed by atoms with E-state index in [1.54, 1.807) is 43.5 Å². The zero-order valence-corrected chi connectivity index (χ0v) is 17.4. The molecule has 158 valence electrons. The lowest BCUT2D eigenvalue weighted by Crippen LogP contribution is -2.25. The lowest BCUT2D eigenvalue weighted by atomic mass is 9.92. The van der Waals surface area contributed by atoms with Crippen LogP contribution in [0.1, 0.15) is 24.0 Å². The molecule has 0 radical (unpaired) electrons. The van der Waals surface area contributed by atoms with Crippen molar-refractivity contribution in [2.24, 2.45) is 0 Å². The van der Waals surface area contributed by atoms with Crippen LogP contribution in [-0.2, 0) is 34.1 Å². The molecule has 30 heavy (non-hydrogen) atoms. The minimum absolute atomic E-state index is 0.254. The molecule has 1 aliphatic carbocycles. The van der Waals surface area contributed by atoms with Gasteiger partial charge in [0.05, 0.1) is 23.7 Å². The first-order chi connectivity index (χ1) is 14.5. The predicted octanol–water partition coefficient (Wildman–Crippen LogP) is 1.75. The van der Waals surface area contributed by atoms with Crippen LogP contribution in [0.3, 0.4) is 0 Å². The molecule has 1 aromatic heterocycles. The summed E-state index contributed by atoms with van der Waals surface area (Å²) in [7, 11) is -2.16. The minimum Gasteiger partial charge on any atom is -0.383 e. The van der Waals surface area contributed by atoms with Crippen molar-refractivity contribution in [3.63, 3.8) is 0 Å². The van der Waals surface area contributed by atoms with Crippen molar-refractivity contribution >= 4 is 15.7 Å². The first-order valence-electron chi connectivity index (χ1n) is 9.75. The fraction of sp³-hybridized carbons (Fsp3) is 0.350. The highest BCUT2D eigenvalue weighted by atomic mass is 32.2. The Morgan fingerprint density at radius 2 is 1.77 bits per heavy atom. The summed E-state index contributed by atoms with van der Waals surface area (Å²) in [4.78, 5) is 12.6. The van der Waals surface area contributed by atoms with E-state index in [9.17, 15) is 13.2 Å². The summed E-state index contributed by atoms with van der Waals surface area (Å²) in [6.45, 7) is 0.649. The van der Waals surface area contributed by atoms with Crippen molar-refractivity contribution in [1.82, 2.24) is 19.8 Å². The van der Waals surface area contributed by atoms with Gasteiger partial charge in [0.1, 0.15) is 0 Å². The van der Waals surface area contributed by atoms with Crippen LogP contribution in [0.2, 0.25) is 0 Å². The topological polar surface area (TPSA) is 108 Å². The quantitative estimate of drug-likeness (QED) is 0.613. The minimum atomic E-state index is -3.70. The molecule has 10 heteroatoms. The number of aryl methyl sites for hydroxylation is 2. The number of hydrogen-bond acceptors (Lipinski definition) is 6. The molecule has 2 aromatic carbocycles. The van der Waals surface area contributed by atoms with E-state index >= 15 is 0 Å². The van der Waals surface area contributed by atoms with Gasteiger partial charge in [-0.3, -0.25) is 4.72 Å². The van der Waals surface area contributed by atoms with Gasteiger partial charge in [0.25, 0.3) is 10.0 Å². The zero-order valence-electron chi connectivity index (χ0n) is 16.6. The van der Waals surface area contributed by atoms with Crippen LogP contribution in [0, 0.1) is 0 Å². The van der Waals surface area contributed by atoms with Gasteiger partial charge < -0.3 is 4.74 Å². The Bertz CT molecular complexity index is 1200. The van der Waals surface area contributed by atoms with Gasteiger partial charge in [0.2, 0.25) is 0 Å². The molecular weight excluding hydrogens is 406 g/mol. The molecule has 0 aliphatic heterocycles. The van der Waals surface area contributed by atoms with E-state index in [0.29, 0.717) is 24.5 Å². The number of anilines is 1. The third kappa shape index (κ3) is 4.14. The second-order valence-corrected chi connectivity index (χ2v) is 8.86. The maximum Gasteiger partial charge on any atom is 0.368 e. The monoisotopic (exact) mass is 429 g/mol. The second-order valence-electron chi connectivity index (χ2n) is 7.18.